The highest BCUT2D eigenvalue weighted by atomic mass is 16.5. The maximum Gasteiger partial charge on any atom is 0.413 e. The van der Waals surface area contributed by atoms with Gasteiger partial charge >= 0.3 is 12.1 Å². The van der Waals surface area contributed by atoms with Gasteiger partial charge in [-0.15, -0.1) is 0 Å². The first-order valence-electron chi connectivity index (χ1n) is 6.21. The molecule has 7 nitrogen and oxygen atoms in total. The standard InChI is InChI=1S/C15H11N3O4/c16-7-11-6-12(14(19)20)13(17-8-11)18-15(21)22-9-10-4-2-1-3-5-10/h1-6,8H,9H2,(H,19,20)(H,17,18,21). The zero-order valence-electron chi connectivity index (χ0n) is 11.3. The van der Waals surface area contributed by atoms with E-state index in [4.69, 9.17) is 15.1 Å². The number of aromatic nitrogens is 1. The number of hydrogen-bond acceptors (Lipinski definition) is 5. The molecule has 110 valence electrons. The third-order valence-electron chi connectivity index (χ3n) is 2.68. The molecule has 0 aliphatic heterocycles. The number of amides is 1. The Morgan fingerprint density at radius 2 is 2.05 bits per heavy atom. The first-order chi connectivity index (χ1) is 10.6. The Morgan fingerprint density at radius 1 is 1.32 bits per heavy atom. The van der Waals surface area contributed by atoms with E-state index in [0.29, 0.717) is 0 Å². The summed E-state index contributed by atoms with van der Waals surface area (Å²) in [5.74, 6) is -1.48. The summed E-state index contributed by atoms with van der Waals surface area (Å²) in [5, 5.41) is 20.0. The molecule has 1 amide bonds. The maximum absolute atomic E-state index is 11.7. The predicted octanol–water partition coefficient (Wildman–Crippen LogP) is 2.40. The summed E-state index contributed by atoms with van der Waals surface area (Å²) in [7, 11) is 0. The van der Waals surface area contributed by atoms with Crippen LogP contribution in [0.3, 0.4) is 0 Å². The van der Waals surface area contributed by atoms with E-state index in [1.807, 2.05) is 6.07 Å². The van der Waals surface area contributed by atoms with Crippen molar-refractivity contribution in [2.45, 2.75) is 6.61 Å². The summed E-state index contributed by atoms with van der Waals surface area (Å²) in [6.45, 7) is 0.0470. The molecule has 0 aliphatic rings. The van der Waals surface area contributed by atoms with Crippen LogP contribution in [0.4, 0.5) is 10.6 Å². The lowest BCUT2D eigenvalue weighted by molar-refractivity contribution is 0.0697. The van der Waals surface area contributed by atoms with E-state index < -0.39 is 12.1 Å². The van der Waals surface area contributed by atoms with Gasteiger partial charge in [0.2, 0.25) is 0 Å². The van der Waals surface area contributed by atoms with Gasteiger partial charge in [-0.05, 0) is 11.6 Å². The quantitative estimate of drug-likeness (QED) is 0.896. The van der Waals surface area contributed by atoms with Gasteiger partial charge < -0.3 is 9.84 Å². The second-order valence-electron chi connectivity index (χ2n) is 4.22. The molecule has 0 saturated heterocycles. The Labute approximate surface area is 125 Å². The third-order valence-corrected chi connectivity index (χ3v) is 2.68. The van der Waals surface area contributed by atoms with Gasteiger partial charge in [-0.1, -0.05) is 30.3 Å². The normalized spacial score (nSPS) is 9.59. The van der Waals surface area contributed by atoms with Crippen LogP contribution in [0, 0.1) is 11.3 Å². The number of aromatic carboxylic acids is 1. The minimum Gasteiger partial charge on any atom is -0.478 e. The van der Waals surface area contributed by atoms with E-state index in [1.54, 1.807) is 30.3 Å². The van der Waals surface area contributed by atoms with Crippen LogP contribution in [0.15, 0.2) is 42.6 Å². The fourth-order valence-corrected chi connectivity index (χ4v) is 1.64. The molecule has 0 unspecified atom stereocenters. The van der Waals surface area contributed by atoms with Crippen molar-refractivity contribution in [3.63, 3.8) is 0 Å². The number of carboxylic acids is 1. The van der Waals surface area contributed by atoms with Gasteiger partial charge in [0.15, 0.2) is 0 Å². The number of benzene rings is 1. The molecular formula is C15H11N3O4. The molecular weight excluding hydrogens is 286 g/mol. The summed E-state index contributed by atoms with van der Waals surface area (Å²) >= 11 is 0. The third kappa shape index (κ3) is 3.80. The molecule has 7 heteroatoms. The highest BCUT2D eigenvalue weighted by molar-refractivity contribution is 5.97. The van der Waals surface area contributed by atoms with E-state index in [-0.39, 0.29) is 23.6 Å². The Hall–Kier alpha value is -3.40. The number of nitrogens with zero attached hydrogens (tertiary/aromatic N) is 2. The van der Waals surface area contributed by atoms with Crippen LogP contribution in [-0.2, 0) is 11.3 Å². The summed E-state index contributed by atoms with van der Waals surface area (Å²) in [6, 6.07) is 11.9. The molecule has 2 aromatic rings. The maximum atomic E-state index is 11.7. The minimum atomic E-state index is -1.30. The monoisotopic (exact) mass is 297 g/mol. The number of nitrogens with one attached hydrogen (secondary N) is 1. The fourth-order valence-electron chi connectivity index (χ4n) is 1.64. The molecule has 22 heavy (non-hydrogen) atoms. The Balaban J connectivity index is 2.05. The molecule has 2 rings (SSSR count). The van der Waals surface area contributed by atoms with Crippen molar-refractivity contribution in [2.75, 3.05) is 5.32 Å². The van der Waals surface area contributed by atoms with Crippen LogP contribution in [0.5, 0.6) is 0 Å². The molecule has 0 bridgehead atoms. The van der Waals surface area contributed by atoms with Crippen LogP contribution < -0.4 is 5.32 Å². The average molecular weight is 297 g/mol. The number of hydrogen-bond donors (Lipinski definition) is 2. The van der Waals surface area contributed by atoms with E-state index in [2.05, 4.69) is 10.3 Å². The predicted molar refractivity (Wildman–Crippen MR) is 76.2 cm³/mol. The second kappa shape index (κ2) is 6.85. The van der Waals surface area contributed by atoms with Gasteiger partial charge in [-0.2, -0.15) is 5.26 Å². The molecule has 0 radical (unpaired) electrons. The Bertz CT molecular complexity index is 738. The number of anilines is 1. The van der Waals surface area contributed by atoms with Crippen LogP contribution >= 0.6 is 0 Å². The number of ether oxygens (including phenoxy) is 1. The van der Waals surface area contributed by atoms with Crippen LogP contribution in [0.1, 0.15) is 21.5 Å². The number of carbonyl (C=O) groups excluding carboxylic acids is 1. The Kier molecular flexibility index (Phi) is 4.67. The highest BCUT2D eigenvalue weighted by Crippen LogP contribution is 2.14. The highest BCUT2D eigenvalue weighted by Gasteiger charge is 2.15. The number of rotatable bonds is 4. The molecule has 0 fully saturated rings. The van der Waals surface area contributed by atoms with Crippen LogP contribution in [0.25, 0.3) is 0 Å². The summed E-state index contributed by atoms with van der Waals surface area (Å²) in [4.78, 5) is 26.5. The van der Waals surface area contributed by atoms with E-state index in [1.165, 1.54) is 6.20 Å². The van der Waals surface area contributed by atoms with E-state index >= 15 is 0 Å². The van der Waals surface area contributed by atoms with Crippen molar-refractivity contribution in [2.24, 2.45) is 0 Å². The SMILES string of the molecule is N#Cc1cnc(NC(=O)OCc2ccccc2)c(C(=O)O)c1. The topological polar surface area (TPSA) is 112 Å². The van der Waals surface area contributed by atoms with Gasteiger partial charge in [0.25, 0.3) is 0 Å². The summed E-state index contributed by atoms with van der Waals surface area (Å²) in [5.41, 5.74) is 0.597. The lowest BCUT2D eigenvalue weighted by Gasteiger charge is -2.08. The number of pyridine rings is 1. The van der Waals surface area contributed by atoms with Crippen molar-refractivity contribution in [1.29, 1.82) is 5.26 Å². The minimum absolute atomic E-state index is 0.0470. The van der Waals surface area contributed by atoms with E-state index in [9.17, 15) is 9.59 Å². The zero-order valence-corrected chi connectivity index (χ0v) is 11.3. The first-order valence-corrected chi connectivity index (χ1v) is 6.21. The van der Waals surface area contributed by atoms with Crippen LogP contribution in [-0.4, -0.2) is 22.2 Å². The number of carbonyl (C=O) groups is 2. The molecule has 2 N–H and O–H groups in total. The first kappa shape index (κ1) is 15.0. The second-order valence-corrected chi connectivity index (χ2v) is 4.22. The van der Waals surface area contributed by atoms with Crippen molar-refractivity contribution >= 4 is 17.9 Å². The molecule has 0 spiro atoms. The van der Waals surface area contributed by atoms with Crippen molar-refractivity contribution in [3.05, 3.63) is 59.3 Å². The smallest absolute Gasteiger partial charge is 0.413 e. The molecule has 1 aromatic heterocycles. The molecule has 0 saturated carbocycles. The molecule has 1 heterocycles. The number of nitriles is 1. The van der Waals surface area contributed by atoms with Crippen molar-refractivity contribution < 1.29 is 19.4 Å². The average Bonchev–Trinajstić information content (AvgIpc) is 2.54. The largest absolute Gasteiger partial charge is 0.478 e. The summed E-state index contributed by atoms with van der Waals surface area (Å²) < 4.78 is 4.98. The zero-order chi connectivity index (χ0) is 15.9. The van der Waals surface area contributed by atoms with Gasteiger partial charge in [0.05, 0.1) is 5.56 Å². The van der Waals surface area contributed by atoms with Gasteiger partial charge in [-0.25, -0.2) is 14.6 Å². The van der Waals surface area contributed by atoms with Crippen LogP contribution in [0.2, 0.25) is 0 Å². The van der Waals surface area contributed by atoms with Crippen molar-refractivity contribution in [1.82, 2.24) is 4.98 Å². The molecule has 0 aliphatic carbocycles. The summed E-state index contributed by atoms with van der Waals surface area (Å²) in [6.07, 6.45) is 0.336. The van der Waals surface area contributed by atoms with Crippen molar-refractivity contribution in [3.8, 4) is 6.07 Å². The van der Waals surface area contributed by atoms with Gasteiger partial charge in [0.1, 0.15) is 24.1 Å². The van der Waals surface area contributed by atoms with Gasteiger partial charge in [0, 0.05) is 6.20 Å². The lowest BCUT2D eigenvalue weighted by Crippen LogP contribution is -2.17. The fraction of sp³-hybridized carbons (Fsp3) is 0.0667. The van der Waals surface area contributed by atoms with Gasteiger partial charge in [-0.3, -0.25) is 5.32 Å². The number of carboxylic acid groups (broad SMARTS) is 1. The molecule has 0 atom stereocenters. The molecule has 1 aromatic carbocycles. The van der Waals surface area contributed by atoms with E-state index in [0.717, 1.165) is 11.6 Å². The Morgan fingerprint density at radius 3 is 2.68 bits per heavy atom. The lowest BCUT2D eigenvalue weighted by atomic mass is 10.2.